The summed E-state index contributed by atoms with van der Waals surface area (Å²) in [4.78, 5) is 0. The summed E-state index contributed by atoms with van der Waals surface area (Å²) in [5, 5.41) is 12.0. The average molecular weight is 231 g/mol. The number of benzene rings is 1. The minimum atomic E-state index is 0.000965. The first-order valence-corrected chi connectivity index (χ1v) is 4.50. The number of hydrogen-bond acceptors (Lipinski definition) is 2. The van der Waals surface area contributed by atoms with Crippen LogP contribution in [0.25, 0.3) is 6.08 Å². The number of amidine groups is 1. The molecule has 1 aromatic rings. The van der Waals surface area contributed by atoms with E-state index in [9.17, 15) is 0 Å². The van der Waals surface area contributed by atoms with Gasteiger partial charge in [-0.1, -0.05) is 40.5 Å². The molecule has 0 unspecified atom stereocenters. The fourth-order valence-corrected chi connectivity index (χ4v) is 1.23. The molecular formula is C9H8Cl2N2O. The first-order valence-electron chi connectivity index (χ1n) is 3.74. The lowest BCUT2D eigenvalue weighted by atomic mass is 10.2. The number of halogens is 2. The Kier molecular flexibility index (Phi) is 3.80. The second-order valence-corrected chi connectivity index (χ2v) is 3.29. The third-order valence-electron chi connectivity index (χ3n) is 1.53. The van der Waals surface area contributed by atoms with Gasteiger partial charge in [-0.3, -0.25) is 0 Å². The predicted molar refractivity (Wildman–Crippen MR) is 58.9 cm³/mol. The smallest absolute Gasteiger partial charge is 0.162 e. The van der Waals surface area contributed by atoms with Crippen LogP contribution in [-0.2, 0) is 0 Å². The highest BCUT2D eigenvalue weighted by atomic mass is 35.5. The van der Waals surface area contributed by atoms with Gasteiger partial charge in [-0.15, -0.1) is 0 Å². The number of oxime groups is 1. The SMILES string of the molecule is NC(/C=C/c1cccc(Cl)c1Cl)=NO. The van der Waals surface area contributed by atoms with Crippen molar-refractivity contribution in [3.63, 3.8) is 0 Å². The highest BCUT2D eigenvalue weighted by Gasteiger charge is 2.00. The van der Waals surface area contributed by atoms with E-state index in [0.29, 0.717) is 15.6 Å². The molecule has 0 amide bonds. The van der Waals surface area contributed by atoms with E-state index in [2.05, 4.69) is 5.16 Å². The molecule has 5 heteroatoms. The standard InChI is InChI=1S/C9H8Cl2N2O/c10-7-3-1-2-6(9(7)11)4-5-8(12)13-14/h1-5,14H,(H2,12,13)/b5-4+. The molecule has 0 aliphatic rings. The van der Waals surface area contributed by atoms with Crippen molar-refractivity contribution in [1.82, 2.24) is 0 Å². The van der Waals surface area contributed by atoms with Crippen molar-refractivity contribution in [3.8, 4) is 0 Å². The second-order valence-electron chi connectivity index (χ2n) is 2.50. The lowest BCUT2D eigenvalue weighted by Gasteiger charge is -1.99. The van der Waals surface area contributed by atoms with Crippen LogP contribution >= 0.6 is 23.2 Å². The monoisotopic (exact) mass is 230 g/mol. The highest BCUT2D eigenvalue weighted by Crippen LogP contribution is 2.26. The van der Waals surface area contributed by atoms with E-state index in [1.807, 2.05) is 0 Å². The Morgan fingerprint density at radius 3 is 2.79 bits per heavy atom. The first kappa shape index (κ1) is 10.9. The molecule has 0 aliphatic heterocycles. The van der Waals surface area contributed by atoms with Crippen LogP contribution in [0.4, 0.5) is 0 Å². The summed E-state index contributed by atoms with van der Waals surface area (Å²) >= 11 is 11.7. The van der Waals surface area contributed by atoms with Crippen LogP contribution in [0.5, 0.6) is 0 Å². The van der Waals surface area contributed by atoms with E-state index in [-0.39, 0.29) is 5.84 Å². The van der Waals surface area contributed by atoms with Crippen LogP contribution in [0, 0.1) is 0 Å². The number of nitrogens with two attached hydrogens (primary N) is 1. The predicted octanol–water partition coefficient (Wildman–Crippen LogP) is 2.75. The Hall–Kier alpha value is -1.19. The third-order valence-corrected chi connectivity index (χ3v) is 2.36. The summed E-state index contributed by atoms with van der Waals surface area (Å²) in [6, 6.07) is 5.22. The Morgan fingerprint density at radius 2 is 2.14 bits per heavy atom. The second kappa shape index (κ2) is 4.88. The van der Waals surface area contributed by atoms with E-state index >= 15 is 0 Å². The Balaban J connectivity index is 2.98. The van der Waals surface area contributed by atoms with Crippen molar-refractivity contribution in [2.75, 3.05) is 0 Å². The largest absolute Gasteiger partial charge is 0.409 e. The Labute approximate surface area is 91.4 Å². The molecule has 3 nitrogen and oxygen atoms in total. The van der Waals surface area contributed by atoms with Gasteiger partial charge in [0.2, 0.25) is 0 Å². The van der Waals surface area contributed by atoms with Gasteiger partial charge in [-0.2, -0.15) is 0 Å². The molecule has 0 saturated carbocycles. The van der Waals surface area contributed by atoms with Crippen LogP contribution in [0.15, 0.2) is 29.4 Å². The summed E-state index contributed by atoms with van der Waals surface area (Å²) in [5.41, 5.74) is 5.96. The summed E-state index contributed by atoms with van der Waals surface area (Å²) in [5.74, 6) is 0.000965. The van der Waals surface area contributed by atoms with Crippen LogP contribution in [-0.4, -0.2) is 11.0 Å². The normalized spacial score (nSPS) is 12.3. The molecule has 0 aliphatic carbocycles. The van der Waals surface area contributed by atoms with Crippen molar-refractivity contribution in [2.24, 2.45) is 10.9 Å². The Bertz CT molecular complexity index is 388. The summed E-state index contributed by atoms with van der Waals surface area (Å²) in [6.07, 6.45) is 3.04. The topological polar surface area (TPSA) is 58.6 Å². The first-order chi connectivity index (χ1) is 6.65. The molecule has 0 atom stereocenters. The zero-order chi connectivity index (χ0) is 10.6. The van der Waals surface area contributed by atoms with Gasteiger partial charge in [-0.05, 0) is 23.8 Å². The van der Waals surface area contributed by atoms with Crippen molar-refractivity contribution in [2.45, 2.75) is 0 Å². The van der Waals surface area contributed by atoms with Crippen molar-refractivity contribution in [3.05, 3.63) is 39.9 Å². The van der Waals surface area contributed by atoms with Crippen LogP contribution in [0.2, 0.25) is 10.0 Å². The molecule has 0 spiro atoms. The molecule has 1 aromatic carbocycles. The minimum Gasteiger partial charge on any atom is -0.409 e. The van der Waals surface area contributed by atoms with Gasteiger partial charge in [0, 0.05) is 0 Å². The van der Waals surface area contributed by atoms with Gasteiger partial charge in [-0.25, -0.2) is 0 Å². The van der Waals surface area contributed by atoms with E-state index in [4.69, 9.17) is 34.1 Å². The van der Waals surface area contributed by atoms with Gasteiger partial charge in [0.15, 0.2) is 5.84 Å². The zero-order valence-corrected chi connectivity index (χ0v) is 8.63. The molecule has 14 heavy (non-hydrogen) atoms. The fourth-order valence-electron chi connectivity index (χ4n) is 0.858. The quantitative estimate of drug-likeness (QED) is 0.356. The molecule has 0 radical (unpaired) electrons. The van der Waals surface area contributed by atoms with E-state index < -0.39 is 0 Å². The summed E-state index contributed by atoms with van der Waals surface area (Å²) < 4.78 is 0. The average Bonchev–Trinajstić information content (AvgIpc) is 2.20. The van der Waals surface area contributed by atoms with E-state index in [0.717, 1.165) is 0 Å². The van der Waals surface area contributed by atoms with Crippen molar-refractivity contribution in [1.29, 1.82) is 0 Å². The van der Waals surface area contributed by atoms with Crippen molar-refractivity contribution >= 4 is 35.1 Å². The van der Waals surface area contributed by atoms with Crippen LogP contribution in [0.1, 0.15) is 5.56 Å². The lowest BCUT2D eigenvalue weighted by Crippen LogP contribution is -2.06. The van der Waals surface area contributed by atoms with Crippen molar-refractivity contribution < 1.29 is 5.21 Å². The van der Waals surface area contributed by atoms with Gasteiger partial charge >= 0.3 is 0 Å². The maximum atomic E-state index is 8.29. The van der Waals surface area contributed by atoms with Gasteiger partial charge in [0.05, 0.1) is 10.0 Å². The molecule has 0 fully saturated rings. The lowest BCUT2D eigenvalue weighted by molar-refractivity contribution is 0.319. The van der Waals surface area contributed by atoms with Gasteiger partial charge in [0.1, 0.15) is 0 Å². The molecule has 74 valence electrons. The van der Waals surface area contributed by atoms with E-state index in [1.54, 1.807) is 24.3 Å². The number of nitrogens with zero attached hydrogens (tertiary/aromatic N) is 1. The van der Waals surface area contributed by atoms with Gasteiger partial charge in [0.25, 0.3) is 0 Å². The Morgan fingerprint density at radius 1 is 1.43 bits per heavy atom. The van der Waals surface area contributed by atoms with Gasteiger partial charge < -0.3 is 10.9 Å². The molecule has 0 heterocycles. The molecule has 0 saturated heterocycles. The third kappa shape index (κ3) is 2.65. The summed E-state index contributed by atoms with van der Waals surface area (Å²) in [6.45, 7) is 0. The molecule has 3 N–H and O–H groups in total. The summed E-state index contributed by atoms with van der Waals surface area (Å²) in [7, 11) is 0. The maximum absolute atomic E-state index is 8.29. The molecule has 0 bridgehead atoms. The zero-order valence-electron chi connectivity index (χ0n) is 7.11. The minimum absolute atomic E-state index is 0.000965. The maximum Gasteiger partial charge on any atom is 0.162 e. The van der Waals surface area contributed by atoms with Crippen LogP contribution < -0.4 is 5.73 Å². The number of rotatable bonds is 2. The molecule has 1 rings (SSSR count). The molecule has 0 aromatic heterocycles. The fraction of sp³-hybridized carbons (Fsp3) is 0. The molecular weight excluding hydrogens is 223 g/mol. The van der Waals surface area contributed by atoms with E-state index in [1.165, 1.54) is 6.08 Å². The number of hydrogen-bond donors (Lipinski definition) is 2. The van der Waals surface area contributed by atoms with Crippen LogP contribution in [0.3, 0.4) is 0 Å². The highest BCUT2D eigenvalue weighted by molar-refractivity contribution is 6.42.